The van der Waals surface area contributed by atoms with Crippen LogP contribution in [0.15, 0.2) is 24.3 Å². The standard InChI is InChI=1S/C17H20ClN3O/c1-16(2,10-19)14-7-8-17(9-13(20)15(22)21(14)17)11-5-3-4-6-12(11)18/h3-6,13-14H,7-9,20H2,1-2H3/t13-,14+,17+/m0/s1. The van der Waals surface area contributed by atoms with E-state index in [9.17, 15) is 10.1 Å². The molecule has 2 aliphatic rings. The molecule has 22 heavy (non-hydrogen) atoms. The van der Waals surface area contributed by atoms with Gasteiger partial charge in [-0.1, -0.05) is 29.8 Å². The second-order valence-corrected chi connectivity index (χ2v) is 7.33. The van der Waals surface area contributed by atoms with Gasteiger partial charge in [-0.15, -0.1) is 0 Å². The lowest BCUT2D eigenvalue weighted by atomic mass is 9.83. The number of nitrogens with zero attached hydrogens (tertiary/aromatic N) is 2. The smallest absolute Gasteiger partial charge is 0.240 e. The fourth-order valence-corrected chi connectivity index (χ4v) is 4.40. The van der Waals surface area contributed by atoms with Crippen molar-refractivity contribution in [3.63, 3.8) is 0 Å². The van der Waals surface area contributed by atoms with Gasteiger partial charge in [0.15, 0.2) is 0 Å². The van der Waals surface area contributed by atoms with Gasteiger partial charge >= 0.3 is 0 Å². The van der Waals surface area contributed by atoms with E-state index in [2.05, 4.69) is 6.07 Å². The topological polar surface area (TPSA) is 70.1 Å². The first-order valence-corrected chi connectivity index (χ1v) is 7.96. The number of halogens is 1. The predicted octanol–water partition coefficient (Wildman–Crippen LogP) is 2.81. The maximum atomic E-state index is 12.7. The lowest BCUT2D eigenvalue weighted by Crippen LogP contribution is -2.49. The molecule has 1 aromatic rings. The van der Waals surface area contributed by atoms with E-state index < -0.39 is 17.0 Å². The fourth-order valence-electron chi connectivity index (χ4n) is 4.09. The van der Waals surface area contributed by atoms with Gasteiger partial charge in [0.1, 0.15) is 0 Å². The molecule has 5 heteroatoms. The molecule has 0 bridgehead atoms. The van der Waals surface area contributed by atoms with Crippen LogP contribution in [0.4, 0.5) is 0 Å². The molecule has 1 amide bonds. The van der Waals surface area contributed by atoms with Crippen LogP contribution in [0.25, 0.3) is 0 Å². The highest BCUT2D eigenvalue weighted by Gasteiger charge is 2.60. The number of benzene rings is 1. The van der Waals surface area contributed by atoms with Crippen molar-refractivity contribution in [3.05, 3.63) is 34.9 Å². The van der Waals surface area contributed by atoms with Gasteiger partial charge in [0.25, 0.3) is 0 Å². The van der Waals surface area contributed by atoms with Crippen LogP contribution in [0, 0.1) is 16.7 Å². The fraction of sp³-hybridized carbons (Fsp3) is 0.529. The Hall–Kier alpha value is -1.57. The van der Waals surface area contributed by atoms with Crippen LogP contribution in [-0.2, 0) is 10.3 Å². The summed E-state index contributed by atoms with van der Waals surface area (Å²) >= 11 is 6.41. The number of fused-ring (bicyclic) bond motifs is 1. The summed E-state index contributed by atoms with van der Waals surface area (Å²) in [6, 6.07) is 9.34. The minimum Gasteiger partial charge on any atom is -0.327 e. The van der Waals surface area contributed by atoms with Crippen LogP contribution >= 0.6 is 11.6 Å². The Kier molecular flexibility index (Phi) is 3.47. The van der Waals surface area contributed by atoms with Crippen LogP contribution in [-0.4, -0.2) is 22.9 Å². The predicted molar refractivity (Wildman–Crippen MR) is 85.0 cm³/mol. The third-order valence-corrected chi connectivity index (χ3v) is 5.54. The first-order chi connectivity index (χ1) is 10.3. The van der Waals surface area contributed by atoms with Gasteiger partial charge in [-0.3, -0.25) is 4.79 Å². The van der Waals surface area contributed by atoms with Crippen LogP contribution in [0.2, 0.25) is 5.02 Å². The molecule has 3 rings (SSSR count). The first kappa shape index (κ1) is 15.3. The van der Waals surface area contributed by atoms with Gasteiger partial charge < -0.3 is 10.6 Å². The van der Waals surface area contributed by atoms with E-state index >= 15 is 0 Å². The molecule has 4 nitrogen and oxygen atoms in total. The zero-order chi connectivity index (χ0) is 16.1. The zero-order valence-electron chi connectivity index (χ0n) is 12.8. The lowest BCUT2D eigenvalue weighted by Gasteiger charge is -2.39. The minimum absolute atomic E-state index is 0.0641. The molecule has 2 N–H and O–H groups in total. The molecule has 0 saturated carbocycles. The molecule has 0 radical (unpaired) electrons. The number of rotatable bonds is 2. The highest BCUT2D eigenvalue weighted by molar-refractivity contribution is 6.31. The van der Waals surface area contributed by atoms with Gasteiger partial charge in [0, 0.05) is 5.02 Å². The van der Waals surface area contributed by atoms with E-state index in [4.69, 9.17) is 17.3 Å². The summed E-state index contributed by atoms with van der Waals surface area (Å²) in [5.74, 6) is -0.0641. The van der Waals surface area contributed by atoms with Crippen molar-refractivity contribution in [2.45, 2.75) is 50.7 Å². The normalized spacial score (nSPS) is 31.2. The molecule has 0 aromatic heterocycles. The van der Waals surface area contributed by atoms with E-state index in [0.29, 0.717) is 11.4 Å². The molecule has 116 valence electrons. The Morgan fingerprint density at radius 2 is 2.14 bits per heavy atom. The van der Waals surface area contributed by atoms with Crippen LogP contribution in [0.5, 0.6) is 0 Å². The molecule has 3 atom stereocenters. The Morgan fingerprint density at radius 1 is 1.45 bits per heavy atom. The first-order valence-electron chi connectivity index (χ1n) is 7.58. The SMILES string of the molecule is CC(C)(C#N)[C@H]1CC[C@]2(c3ccccc3Cl)C[C@H](N)C(=O)N12. The average molecular weight is 318 g/mol. The molecule has 2 fully saturated rings. The van der Waals surface area contributed by atoms with E-state index in [1.165, 1.54) is 0 Å². The monoisotopic (exact) mass is 317 g/mol. The second kappa shape index (κ2) is 4.97. The van der Waals surface area contributed by atoms with E-state index in [1.807, 2.05) is 43.0 Å². The van der Waals surface area contributed by atoms with E-state index in [-0.39, 0.29) is 11.9 Å². The number of amides is 1. The minimum atomic E-state index is -0.608. The summed E-state index contributed by atoms with van der Waals surface area (Å²) < 4.78 is 0. The third kappa shape index (κ3) is 1.96. The number of nitrogens with two attached hydrogens (primary N) is 1. The molecule has 0 spiro atoms. The number of carbonyl (C=O) groups is 1. The van der Waals surface area contributed by atoms with Gasteiger partial charge in [0.05, 0.1) is 29.1 Å². The molecule has 2 aliphatic heterocycles. The van der Waals surface area contributed by atoms with Gasteiger partial charge in [-0.25, -0.2) is 0 Å². The van der Waals surface area contributed by atoms with Crippen LogP contribution in [0.3, 0.4) is 0 Å². The Bertz CT molecular complexity index is 666. The Labute approximate surface area is 135 Å². The van der Waals surface area contributed by atoms with Crippen molar-refractivity contribution in [1.29, 1.82) is 5.26 Å². The molecule has 0 unspecified atom stereocenters. The molecular weight excluding hydrogens is 298 g/mol. The van der Waals surface area contributed by atoms with Gasteiger partial charge in [-0.2, -0.15) is 5.26 Å². The second-order valence-electron chi connectivity index (χ2n) is 6.92. The Balaban J connectivity index is 2.14. The Morgan fingerprint density at radius 3 is 2.77 bits per heavy atom. The molecule has 2 heterocycles. The van der Waals surface area contributed by atoms with Crippen molar-refractivity contribution in [3.8, 4) is 6.07 Å². The number of hydrogen-bond donors (Lipinski definition) is 1. The van der Waals surface area contributed by atoms with Crippen molar-refractivity contribution >= 4 is 17.5 Å². The number of hydrogen-bond acceptors (Lipinski definition) is 3. The van der Waals surface area contributed by atoms with Crippen LogP contribution in [0.1, 0.15) is 38.7 Å². The maximum absolute atomic E-state index is 12.7. The zero-order valence-corrected chi connectivity index (χ0v) is 13.6. The largest absolute Gasteiger partial charge is 0.327 e. The summed E-state index contributed by atoms with van der Waals surface area (Å²) in [6.45, 7) is 3.77. The highest BCUT2D eigenvalue weighted by atomic mass is 35.5. The van der Waals surface area contributed by atoms with Crippen molar-refractivity contribution in [1.82, 2.24) is 4.90 Å². The summed E-state index contributed by atoms with van der Waals surface area (Å²) in [4.78, 5) is 14.6. The maximum Gasteiger partial charge on any atom is 0.240 e. The van der Waals surface area contributed by atoms with Crippen molar-refractivity contribution < 1.29 is 4.79 Å². The highest BCUT2D eigenvalue weighted by Crippen LogP contribution is 2.54. The average Bonchev–Trinajstić information content (AvgIpc) is 2.97. The molecule has 0 aliphatic carbocycles. The van der Waals surface area contributed by atoms with Gasteiger partial charge in [0.2, 0.25) is 5.91 Å². The van der Waals surface area contributed by atoms with Crippen molar-refractivity contribution in [2.75, 3.05) is 0 Å². The van der Waals surface area contributed by atoms with Crippen LogP contribution < -0.4 is 5.73 Å². The van der Waals surface area contributed by atoms with Gasteiger partial charge in [-0.05, 0) is 44.7 Å². The molecule has 1 aromatic carbocycles. The lowest BCUT2D eigenvalue weighted by molar-refractivity contribution is -0.134. The molecule has 2 saturated heterocycles. The number of nitriles is 1. The summed E-state index contributed by atoms with van der Waals surface area (Å²) in [5, 5.41) is 10.1. The number of carbonyl (C=O) groups excluding carboxylic acids is 1. The third-order valence-electron chi connectivity index (χ3n) is 5.21. The summed E-state index contributed by atoms with van der Waals surface area (Å²) in [5.41, 5.74) is 5.95. The molecular formula is C17H20ClN3O. The van der Waals surface area contributed by atoms with E-state index in [1.54, 1.807) is 0 Å². The van der Waals surface area contributed by atoms with Crippen molar-refractivity contribution in [2.24, 2.45) is 11.1 Å². The van der Waals surface area contributed by atoms with E-state index in [0.717, 1.165) is 18.4 Å². The summed E-state index contributed by atoms with van der Waals surface area (Å²) in [6.07, 6.45) is 2.16. The quantitative estimate of drug-likeness (QED) is 0.911. The summed E-state index contributed by atoms with van der Waals surface area (Å²) in [7, 11) is 0.